The van der Waals surface area contributed by atoms with Gasteiger partial charge in [-0.05, 0) is 56.2 Å². The van der Waals surface area contributed by atoms with Crippen LogP contribution < -0.4 is 10.1 Å². The van der Waals surface area contributed by atoms with Crippen LogP contribution in [0.2, 0.25) is 0 Å². The van der Waals surface area contributed by atoms with Gasteiger partial charge in [-0.3, -0.25) is 19.7 Å². The number of nitrogens with one attached hydrogen (secondary N) is 1. The van der Waals surface area contributed by atoms with Gasteiger partial charge in [0.2, 0.25) is 5.78 Å². The summed E-state index contributed by atoms with van der Waals surface area (Å²) >= 11 is 0. The lowest BCUT2D eigenvalue weighted by molar-refractivity contribution is -0.384. The Labute approximate surface area is 281 Å². The monoisotopic (exact) mass is 688 g/mol. The maximum atomic E-state index is 17.3. The molecule has 1 aromatic carbocycles. The highest BCUT2D eigenvalue weighted by atomic mass is 19.1. The van der Waals surface area contributed by atoms with Crippen molar-refractivity contribution in [3.05, 3.63) is 58.2 Å². The number of ether oxygens (including phenoxy) is 4. The van der Waals surface area contributed by atoms with Crippen LogP contribution in [-0.2, 0) is 23.8 Å². The molecule has 0 radical (unpaired) electrons. The second-order valence-electron chi connectivity index (χ2n) is 13.7. The summed E-state index contributed by atoms with van der Waals surface area (Å²) < 4.78 is 37.5. The molecule has 49 heavy (non-hydrogen) atoms. The molecule has 0 aliphatic heterocycles. The molecule has 1 aromatic rings. The largest absolute Gasteiger partial charge is 0.513 e. The molecule has 0 bridgehead atoms. The Morgan fingerprint density at radius 1 is 1.10 bits per heavy atom. The van der Waals surface area contributed by atoms with E-state index in [0.29, 0.717) is 12.0 Å². The SMILES string of the molecule is C[C@@H]1CC2C3CC=C4CC(=O)C=CC4(C)[C@@]3(F)C(O)CC2(C)[C@@]1(O)C(=O)COC(=O)NCCOCCOC(=O)Oc1ccc([N+](=O)[O-])cc1. The van der Waals surface area contributed by atoms with Gasteiger partial charge in [-0.1, -0.05) is 31.6 Å². The number of ketones is 2. The number of nitro groups is 1. The number of fused-ring (bicyclic) bond motifs is 5. The molecule has 8 atom stereocenters. The third-order valence-corrected chi connectivity index (χ3v) is 11.2. The summed E-state index contributed by atoms with van der Waals surface area (Å²) in [5, 5.41) is 36.6. The van der Waals surface area contributed by atoms with Crippen LogP contribution >= 0.6 is 0 Å². The van der Waals surface area contributed by atoms with Crippen LogP contribution in [0.25, 0.3) is 0 Å². The van der Waals surface area contributed by atoms with E-state index in [1.165, 1.54) is 30.3 Å². The van der Waals surface area contributed by atoms with Crippen molar-refractivity contribution < 1.29 is 57.7 Å². The summed E-state index contributed by atoms with van der Waals surface area (Å²) in [6.07, 6.45) is 1.78. The fraction of sp³-hybridized carbons (Fsp3) is 0.588. The minimum atomic E-state index is -2.10. The van der Waals surface area contributed by atoms with Crippen LogP contribution in [-0.4, -0.2) is 89.3 Å². The highest BCUT2D eigenvalue weighted by molar-refractivity contribution is 5.94. The number of benzene rings is 1. The minimum absolute atomic E-state index is 0.00716. The second-order valence-corrected chi connectivity index (χ2v) is 13.7. The number of hydrogen-bond acceptors (Lipinski definition) is 12. The lowest BCUT2D eigenvalue weighted by Gasteiger charge is -2.62. The standard InChI is InChI=1S/C34H41FN2O12/c1-20-16-26-25-9-4-21-17-23(38)10-11-31(21,2)33(25,35)27(39)18-32(26,3)34(20,43)28(40)19-48-29(41)36-12-13-46-14-15-47-30(42)49-24-7-5-22(6-8-24)37(44)45/h4-8,10-11,20,25-27,39,43H,9,12-19H2,1-3H3,(H,36,41)/t20-,25?,26?,27?,31?,32?,33+,34+/m1/s1. The number of Topliss-reactive ketones (excluding diaryl/α,β-unsaturated/α-hetero) is 1. The summed E-state index contributed by atoms with van der Waals surface area (Å²) in [5.41, 5.74) is -6.02. The van der Waals surface area contributed by atoms with Crippen LogP contribution in [0.1, 0.15) is 46.5 Å². The zero-order valence-electron chi connectivity index (χ0n) is 27.5. The third-order valence-electron chi connectivity index (χ3n) is 11.2. The van der Waals surface area contributed by atoms with Crippen molar-refractivity contribution in [2.75, 3.05) is 33.0 Å². The number of halogens is 1. The summed E-state index contributed by atoms with van der Waals surface area (Å²) in [6, 6.07) is 4.85. The number of nitro benzene ring substituents is 1. The molecule has 15 heteroatoms. The Kier molecular flexibility index (Phi) is 10.0. The molecule has 1 amide bonds. The number of alkyl halides is 1. The van der Waals surface area contributed by atoms with Crippen molar-refractivity contribution in [1.29, 1.82) is 0 Å². The Morgan fingerprint density at radius 2 is 1.82 bits per heavy atom. The van der Waals surface area contributed by atoms with Gasteiger partial charge in [-0.15, -0.1) is 0 Å². The van der Waals surface area contributed by atoms with Gasteiger partial charge in [0, 0.05) is 41.8 Å². The number of amides is 1. The van der Waals surface area contributed by atoms with Crippen molar-refractivity contribution in [3.8, 4) is 5.75 Å². The number of alkyl carbamates (subject to hydrolysis) is 1. The first-order valence-corrected chi connectivity index (χ1v) is 16.2. The lowest BCUT2D eigenvalue weighted by atomic mass is 9.45. The van der Waals surface area contributed by atoms with Crippen LogP contribution in [0.3, 0.4) is 0 Å². The van der Waals surface area contributed by atoms with Gasteiger partial charge in [0.05, 0.1) is 24.2 Å². The zero-order chi connectivity index (χ0) is 35.8. The van der Waals surface area contributed by atoms with E-state index in [-0.39, 0.29) is 62.8 Å². The van der Waals surface area contributed by atoms with Crippen LogP contribution in [0.5, 0.6) is 5.75 Å². The Bertz CT molecular complexity index is 1560. The van der Waals surface area contributed by atoms with Gasteiger partial charge in [0.25, 0.3) is 5.69 Å². The van der Waals surface area contributed by atoms with E-state index in [4.69, 9.17) is 18.9 Å². The van der Waals surface area contributed by atoms with E-state index in [1.807, 2.05) is 6.08 Å². The third kappa shape index (κ3) is 6.23. The summed E-state index contributed by atoms with van der Waals surface area (Å²) in [5.74, 6) is -2.60. The molecule has 2 saturated carbocycles. The molecule has 5 unspecified atom stereocenters. The molecule has 5 rings (SSSR count). The van der Waals surface area contributed by atoms with Gasteiger partial charge >= 0.3 is 12.2 Å². The number of carbonyl (C=O) groups is 4. The Hall–Kier alpha value is -4.21. The van der Waals surface area contributed by atoms with Crippen molar-refractivity contribution >= 4 is 29.5 Å². The first-order valence-electron chi connectivity index (χ1n) is 16.2. The number of nitrogens with zero attached hydrogens (tertiary/aromatic N) is 1. The molecular formula is C34H41FN2O12. The highest BCUT2D eigenvalue weighted by Crippen LogP contribution is 2.70. The van der Waals surface area contributed by atoms with E-state index in [9.17, 15) is 39.5 Å². The highest BCUT2D eigenvalue weighted by Gasteiger charge is 2.75. The van der Waals surface area contributed by atoms with E-state index in [1.54, 1.807) is 26.8 Å². The summed E-state index contributed by atoms with van der Waals surface area (Å²) in [7, 11) is 0. The van der Waals surface area contributed by atoms with Gasteiger partial charge in [0.1, 0.15) is 18.0 Å². The number of carbonyl (C=O) groups excluding carboxylic acids is 4. The molecule has 0 spiro atoms. The Morgan fingerprint density at radius 3 is 2.51 bits per heavy atom. The molecule has 4 aliphatic rings. The van der Waals surface area contributed by atoms with Crippen molar-refractivity contribution in [3.63, 3.8) is 0 Å². The van der Waals surface area contributed by atoms with Crippen molar-refractivity contribution in [1.82, 2.24) is 5.32 Å². The zero-order valence-corrected chi connectivity index (χ0v) is 27.5. The molecule has 0 heterocycles. The van der Waals surface area contributed by atoms with Crippen molar-refractivity contribution in [2.45, 2.75) is 63.8 Å². The first-order chi connectivity index (χ1) is 23.1. The number of aliphatic hydroxyl groups is 2. The second kappa shape index (κ2) is 13.6. The number of aliphatic hydroxyl groups excluding tert-OH is 1. The molecule has 2 fully saturated rings. The van der Waals surface area contributed by atoms with Crippen LogP contribution in [0.4, 0.5) is 19.7 Å². The fourth-order valence-electron chi connectivity index (χ4n) is 8.61. The minimum Gasteiger partial charge on any atom is -0.441 e. The number of hydrogen-bond donors (Lipinski definition) is 3. The molecule has 14 nitrogen and oxygen atoms in total. The van der Waals surface area contributed by atoms with Gasteiger partial charge < -0.3 is 34.5 Å². The quantitative estimate of drug-likeness (QED) is 0.0760. The number of allylic oxidation sites excluding steroid dienone is 4. The van der Waals surface area contributed by atoms with E-state index >= 15 is 4.39 Å². The fourth-order valence-corrected chi connectivity index (χ4v) is 8.61. The normalized spacial score (nSPS) is 34.5. The van der Waals surface area contributed by atoms with Gasteiger partial charge in [-0.2, -0.15) is 0 Å². The van der Waals surface area contributed by atoms with Crippen LogP contribution in [0, 0.1) is 38.7 Å². The molecule has 4 aliphatic carbocycles. The van der Waals surface area contributed by atoms with Crippen molar-refractivity contribution in [2.24, 2.45) is 28.6 Å². The van der Waals surface area contributed by atoms with E-state index in [2.05, 4.69) is 5.32 Å². The predicted molar refractivity (Wildman–Crippen MR) is 168 cm³/mol. The molecule has 3 N–H and O–H groups in total. The topological polar surface area (TPSA) is 201 Å². The molecular weight excluding hydrogens is 647 g/mol. The molecule has 0 saturated heterocycles. The maximum Gasteiger partial charge on any atom is 0.513 e. The van der Waals surface area contributed by atoms with Gasteiger partial charge in [-0.25, -0.2) is 14.0 Å². The smallest absolute Gasteiger partial charge is 0.441 e. The summed E-state index contributed by atoms with van der Waals surface area (Å²) in [4.78, 5) is 59.8. The van der Waals surface area contributed by atoms with E-state index < -0.39 is 75.5 Å². The maximum absolute atomic E-state index is 17.3. The summed E-state index contributed by atoms with van der Waals surface area (Å²) in [6.45, 7) is 4.14. The Balaban J connectivity index is 1.07. The number of rotatable bonds is 11. The molecule has 266 valence electrons. The predicted octanol–water partition coefficient (Wildman–Crippen LogP) is 3.77. The first kappa shape index (κ1) is 36.1. The van der Waals surface area contributed by atoms with Gasteiger partial charge in [0.15, 0.2) is 18.1 Å². The van der Waals surface area contributed by atoms with Crippen LogP contribution in [0.15, 0.2) is 48.1 Å². The van der Waals surface area contributed by atoms with E-state index in [0.717, 1.165) is 0 Å². The lowest BCUT2D eigenvalue weighted by Crippen LogP contribution is -2.69. The molecule has 0 aromatic heterocycles. The number of non-ortho nitro benzene ring substituents is 1. The average molecular weight is 689 g/mol. The average Bonchev–Trinajstić information content (AvgIpc) is 3.25.